The molecule has 1 aromatic carbocycles. The van der Waals surface area contributed by atoms with E-state index in [-0.39, 0.29) is 0 Å². The van der Waals surface area contributed by atoms with Gasteiger partial charge in [0.05, 0.1) is 6.54 Å². The summed E-state index contributed by atoms with van der Waals surface area (Å²) in [6, 6.07) is 6.56. The zero-order valence-corrected chi connectivity index (χ0v) is 13.0. The Bertz CT molecular complexity index is 538. The van der Waals surface area contributed by atoms with Crippen molar-refractivity contribution in [3.05, 3.63) is 53.1 Å². The van der Waals surface area contributed by atoms with E-state index in [0.29, 0.717) is 0 Å². The van der Waals surface area contributed by atoms with Crippen molar-refractivity contribution >= 4 is 20.3 Å². The van der Waals surface area contributed by atoms with Crippen LogP contribution in [0.1, 0.15) is 37.3 Å². The van der Waals surface area contributed by atoms with Gasteiger partial charge in [-0.2, -0.15) is 0 Å². The highest BCUT2D eigenvalue weighted by Gasteiger charge is 2.04. The number of hydrogen-bond acceptors (Lipinski definition) is 1. The number of nitrogens with zero attached hydrogens (tertiary/aromatic N) is 1. The van der Waals surface area contributed by atoms with Gasteiger partial charge >= 0.3 is 0 Å². The first-order chi connectivity index (χ1) is 9.20. The van der Waals surface area contributed by atoms with E-state index < -0.39 is 0 Å². The van der Waals surface area contributed by atoms with Crippen molar-refractivity contribution in [1.29, 1.82) is 0 Å². The molecular formula is C17H22NP. The standard InChI is InChI=1S/C17H22NP/c1-3-16(15-10-9-13(2)17(19)11-15)18-12-14-7-5-4-6-8-14/h5,7-11H,3-4,6,12,19H2,1-2H3/b18-16+. The van der Waals surface area contributed by atoms with E-state index in [4.69, 9.17) is 4.99 Å². The topological polar surface area (TPSA) is 12.4 Å². The van der Waals surface area contributed by atoms with Crippen LogP contribution in [0.3, 0.4) is 0 Å². The predicted octanol–water partition coefficient (Wildman–Crippen LogP) is 3.97. The summed E-state index contributed by atoms with van der Waals surface area (Å²) in [7, 11) is 2.80. The van der Waals surface area contributed by atoms with E-state index in [2.05, 4.69) is 59.5 Å². The highest BCUT2D eigenvalue weighted by Crippen LogP contribution is 2.12. The van der Waals surface area contributed by atoms with Crippen LogP contribution >= 0.6 is 9.24 Å². The van der Waals surface area contributed by atoms with Crippen LogP contribution < -0.4 is 5.30 Å². The molecule has 0 saturated carbocycles. The maximum absolute atomic E-state index is 4.79. The normalized spacial score (nSPS) is 15.5. The molecule has 1 nitrogen and oxygen atoms in total. The van der Waals surface area contributed by atoms with Gasteiger partial charge in [-0.05, 0) is 54.3 Å². The van der Waals surface area contributed by atoms with Gasteiger partial charge in [-0.3, -0.25) is 4.99 Å². The summed E-state index contributed by atoms with van der Waals surface area (Å²) in [5.74, 6) is 0. The molecule has 2 heteroatoms. The lowest BCUT2D eigenvalue weighted by molar-refractivity contribution is 0.993. The molecule has 1 unspecified atom stereocenters. The Morgan fingerprint density at radius 3 is 2.79 bits per heavy atom. The fourth-order valence-corrected chi connectivity index (χ4v) is 2.47. The zero-order valence-electron chi connectivity index (χ0n) is 11.8. The van der Waals surface area contributed by atoms with Crippen molar-refractivity contribution < 1.29 is 0 Å². The van der Waals surface area contributed by atoms with Crippen LogP contribution in [0.4, 0.5) is 0 Å². The summed E-state index contributed by atoms with van der Waals surface area (Å²) in [5.41, 5.74) is 5.10. The summed E-state index contributed by atoms with van der Waals surface area (Å²) >= 11 is 0. The summed E-state index contributed by atoms with van der Waals surface area (Å²) in [4.78, 5) is 4.79. The second-order valence-electron chi connectivity index (χ2n) is 4.95. The maximum atomic E-state index is 4.79. The minimum atomic E-state index is 0.805. The van der Waals surface area contributed by atoms with Crippen molar-refractivity contribution in [1.82, 2.24) is 0 Å². The Balaban J connectivity index is 2.16. The quantitative estimate of drug-likeness (QED) is 0.580. The van der Waals surface area contributed by atoms with E-state index in [1.165, 1.54) is 34.1 Å². The van der Waals surface area contributed by atoms with Crippen LogP contribution in [0, 0.1) is 6.92 Å². The number of aryl methyl sites for hydroxylation is 1. The lowest BCUT2D eigenvalue weighted by Crippen LogP contribution is -2.06. The number of aliphatic imine (C=N–C) groups is 1. The summed E-state index contributed by atoms with van der Waals surface area (Å²) < 4.78 is 0. The predicted molar refractivity (Wildman–Crippen MR) is 88.7 cm³/mol. The van der Waals surface area contributed by atoms with Crippen LogP contribution in [-0.4, -0.2) is 12.3 Å². The lowest BCUT2D eigenvalue weighted by atomic mass is 10.0. The average Bonchev–Trinajstić information content (AvgIpc) is 2.44. The van der Waals surface area contributed by atoms with E-state index >= 15 is 0 Å². The number of allylic oxidation sites excluding steroid dienone is 2. The van der Waals surface area contributed by atoms with Crippen LogP contribution in [0.15, 0.2) is 47.0 Å². The highest BCUT2D eigenvalue weighted by atomic mass is 31.0. The molecule has 1 aliphatic rings. The Morgan fingerprint density at radius 2 is 2.16 bits per heavy atom. The Morgan fingerprint density at radius 1 is 1.32 bits per heavy atom. The highest BCUT2D eigenvalue weighted by molar-refractivity contribution is 7.27. The van der Waals surface area contributed by atoms with Crippen molar-refractivity contribution in [2.45, 2.75) is 33.1 Å². The third-order valence-electron chi connectivity index (χ3n) is 3.47. The van der Waals surface area contributed by atoms with E-state index in [9.17, 15) is 0 Å². The van der Waals surface area contributed by atoms with E-state index in [1.807, 2.05) is 0 Å². The summed E-state index contributed by atoms with van der Waals surface area (Å²) in [6.45, 7) is 5.11. The van der Waals surface area contributed by atoms with Gasteiger partial charge in [-0.15, -0.1) is 9.24 Å². The fraction of sp³-hybridized carbons (Fsp3) is 0.353. The Labute approximate surface area is 118 Å². The SMILES string of the molecule is CC/C(=N\CC1=CCCC=C1)c1ccc(C)c(P)c1. The second kappa shape index (κ2) is 6.82. The van der Waals surface area contributed by atoms with Crippen molar-refractivity contribution in [3.8, 4) is 0 Å². The molecular weight excluding hydrogens is 249 g/mol. The van der Waals surface area contributed by atoms with Gasteiger partial charge in [0.1, 0.15) is 0 Å². The first-order valence-corrected chi connectivity index (χ1v) is 7.54. The van der Waals surface area contributed by atoms with Crippen LogP contribution in [-0.2, 0) is 0 Å². The first kappa shape index (κ1) is 14.2. The van der Waals surface area contributed by atoms with Gasteiger partial charge in [0, 0.05) is 5.71 Å². The molecule has 1 aromatic rings. The molecule has 1 atom stereocenters. The molecule has 19 heavy (non-hydrogen) atoms. The molecule has 0 aromatic heterocycles. The second-order valence-corrected chi connectivity index (χ2v) is 5.57. The van der Waals surface area contributed by atoms with Gasteiger partial charge in [-0.1, -0.05) is 37.3 Å². The Hall–Kier alpha value is -1.20. The summed E-state index contributed by atoms with van der Waals surface area (Å²) in [5, 5.41) is 1.26. The van der Waals surface area contributed by atoms with E-state index in [1.54, 1.807) is 0 Å². The molecule has 100 valence electrons. The first-order valence-electron chi connectivity index (χ1n) is 6.96. The molecule has 1 aliphatic carbocycles. The number of hydrogen-bond donors (Lipinski definition) is 0. The van der Waals surface area contributed by atoms with Crippen molar-refractivity contribution in [3.63, 3.8) is 0 Å². The molecule has 0 aliphatic heterocycles. The average molecular weight is 271 g/mol. The fourth-order valence-electron chi connectivity index (χ4n) is 2.20. The van der Waals surface area contributed by atoms with Gasteiger partial charge in [0.25, 0.3) is 0 Å². The van der Waals surface area contributed by atoms with Gasteiger partial charge in [-0.25, -0.2) is 0 Å². The van der Waals surface area contributed by atoms with Crippen LogP contribution in [0.2, 0.25) is 0 Å². The Kier molecular flexibility index (Phi) is 5.10. The van der Waals surface area contributed by atoms with Gasteiger partial charge in [0.15, 0.2) is 0 Å². The smallest absolute Gasteiger partial charge is 0.0640 e. The van der Waals surface area contributed by atoms with Crippen molar-refractivity contribution in [2.24, 2.45) is 4.99 Å². The molecule has 2 rings (SSSR count). The molecule has 0 amide bonds. The molecule has 0 bridgehead atoms. The lowest BCUT2D eigenvalue weighted by Gasteiger charge is -2.09. The molecule has 0 radical (unpaired) electrons. The molecule has 0 heterocycles. The van der Waals surface area contributed by atoms with Gasteiger partial charge < -0.3 is 0 Å². The minimum absolute atomic E-state index is 0.805. The molecule has 0 spiro atoms. The van der Waals surface area contributed by atoms with Crippen LogP contribution in [0.5, 0.6) is 0 Å². The maximum Gasteiger partial charge on any atom is 0.0640 e. The van der Waals surface area contributed by atoms with E-state index in [0.717, 1.165) is 19.4 Å². The molecule has 0 N–H and O–H groups in total. The largest absolute Gasteiger partial charge is 0.284 e. The molecule has 0 saturated heterocycles. The monoisotopic (exact) mass is 271 g/mol. The van der Waals surface area contributed by atoms with Crippen LogP contribution in [0.25, 0.3) is 0 Å². The number of benzene rings is 1. The van der Waals surface area contributed by atoms with Gasteiger partial charge in [0.2, 0.25) is 0 Å². The summed E-state index contributed by atoms with van der Waals surface area (Å²) in [6.07, 6.45) is 10.0. The third kappa shape index (κ3) is 3.88. The number of rotatable bonds is 4. The van der Waals surface area contributed by atoms with Crippen molar-refractivity contribution in [2.75, 3.05) is 6.54 Å². The minimum Gasteiger partial charge on any atom is -0.284 e. The zero-order chi connectivity index (χ0) is 13.7. The molecule has 0 fully saturated rings. The third-order valence-corrected chi connectivity index (χ3v) is 4.09.